The standard InChI is InChI=1S/C30H30FN9O/c1-17(2)34-21-12-19(15-32-16-21)23-5-6-25-28(35-23)29(39-38-25)30-36-24-7-8-33-26(27(24)37-30)18-11-20(31)14-22(13-18)41-10-9-40(3)4/h5-8,11-17,34H,9-10H2,1-4H3,(H,36,37)(H,38,39). The summed E-state index contributed by atoms with van der Waals surface area (Å²) in [5, 5.41) is 10.9. The molecule has 3 N–H and O–H groups in total. The second kappa shape index (κ2) is 10.9. The number of halogens is 1. The Morgan fingerprint density at radius 1 is 0.951 bits per heavy atom. The molecule has 0 amide bonds. The van der Waals surface area contributed by atoms with E-state index in [0.717, 1.165) is 28.0 Å². The van der Waals surface area contributed by atoms with Crippen LogP contribution in [0.1, 0.15) is 13.8 Å². The number of aromatic amines is 2. The van der Waals surface area contributed by atoms with E-state index >= 15 is 0 Å². The van der Waals surface area contributed by atoms with Crippen LogP contribution in [0.15, 0.2) is 61.1 Å². The zero-order valence-corrected chi connectivity index (χ0v) is 23.2. The number of ether oxygens (including phenoxy) is 1. The number of H-pyrrole nitrogens is 2. The average Bonchev–Trinajstić information content (AvgIpc) is 3.56. The number of benzene rings is 1. The first-order valence-electron chi connectivity index (χ1n) is 13.3. The Hall–Kier alpha value is -4.90. The molecule has 0 spiro atoms. The fourth-order valence-electron chi connectivity index (χ4n) is 4.60. The number of likely N-dealkylation sites (N-methyl/N-ethyl adjacent to an activating group) is 1. The lowest BCUT2D eigenvalue weighted by molar-refractivity contribution is 0.260. The van der Waals surface area contributed by atoms with E-state index < -0.39 is 5.82 Å². The SMILES string of the molecule is CC(C)Nc1cncc(-c2ccc3[nH]nc(-c4nc5c(-c6cc(F)cc(OCCN(C)C)c6)nccc5[nH]4)c3n2)c1. The molecule has 0 fully saturated rings. The summed E-state index contributed by atoms with van der Waals surface area (Å²) >= 11 is 0. The maximum absolute atomic E-state index is 14.6. The highest BCUT2D eigenvalue weighted by molar-refractivity contribution is 5.95. The van der Waals surface area contributed by atoms with Crippen LogP contribution in [0, 0.1) is 5.82 Å². The van der Waals surface area contributed by atoms with Crippen LogP contribution in [0.25, 0.3) is 56.1 Å². The van der Waals surface area contributed by atoms with Crippen molar-refractivity contribution >= 4 is 27.8 Å². The lowest BCUT2D eigenvalue weighted by Crippen LogP contribution is -2.19. The van der Waals surface area contributed by atoms with Gasteiger partial charge in [0, 0.05) is 48.4 Å². The molecule has 0 atom stereocenters. The molecule has 5 aromatic heterocycles. The van der Waals surface area contributed by atoms with E-state index in [1.165, 1.54) is 12.1 Å². The molecule has 0 aliphatic rings. The van der Waals surface area contributed by atoms with Gasteiger partial charge in [-0.3, -0.25) is 15.1 Å². The quantitative estimate of drug-likeness (QED) is 0.215. The highest BCUT2D eigenvalue weighted by Gasteiger charge is 2.18. The smallest absolute Gasteiger partial charge is 0.161 e. The lowest BCUT2D eigenvalue weighted by Gasteiger charge is -2.12. The zero-order chi connectivity index (χ0) is 28.5. The van der Waals surface area contributed by atoms with Gasteiger partial charge in [-0.15, -0.1) is 0 Å². The maximum atomic E-state index is 14.6. The molecule has 0 aliphatic carbocycles. The van der Waals surface area contributed by atoms with E-state index in [9.17, 15) is 4.39 Å². The van der Waals surface area contributed by atoms with Gasteiger partial charge >= 0.3 is 0 Å². The van der Waals surface area contributed by atoms with Crippen molar-refractivity contribution in [1.82, 2.24) is 40.0 Å². The van der Waals surface area contributed by atoms with Gasteiger partial charge in [0.15, 0.2) is 11.5 Å². The summed E-state index contributed by atoms with van der Waals surface area (Å²) in [6.07, 6.45) is 5.25. The van der Waals surface area contributed by atoms with E-state index in [1.807, 2.05) is 43.3 Å². The minimum atomic E-state index is -0.408. The fraction of sp³-hybridized carbons (Fsp3) is 0.233. The molecule has 0 unspecified atom stereocenters. The number of imidazole rings is 1. The molecule has 0 bridgehead atoms. The minimum Gasteiger partial charge on any atom is -0.492 e. The second-order valence-corrected chi connectivity index (χ2v) is 10.4. The number of rotatable bonds is 9. The van der Waals surface area contributed by atoms with Crippen molar-refractivity contribution in [2.24, 2.45) is 0 Å². The fourth-order valence-corrected chi connectivity index (χ4v) is 4.60. The number of nitrogens with zero attached hydrogens (tertiary/aromatic N) is 6. The van der Waals surface area contributed by atoms with Gasteiger partial charge in [0.25, 0.3) is 0 Å². The summed E-state index contributed by atoms with van der Waals surface area (Å²) in [5.41, 5.74) is 7.03. The largest absolute Gasteiger partial charge is 0.492 e. The average molecular weight is 552 g/mol. The van der Waals surface area contributed by atoms with Crippen molar-refractivity contribution in [3.8, 4) is 39.8 Å². The molecule has 0 saturated heterocycles. The van der Waals surface area contributed by atoms with E-state index in [-0.39, 0.29) is 6.04 Å². The van der Waals surface area contributed by atoms with Crippen LogP contribution in [0.5, 0.6) is 5.75 Å². The predicted molar refractivity (Wildman–Crippen MR) is 158 cm³/mol. The van der Waals surface area contributed by atoms with Gasteiger partial charge in [-0.1, -0.05) is 0 Å². The van der Waals surface area contributed by atoms with Crippen LogP contribution < -0.4 is 10.1 Å². The Labute approximate surface area is 236 Å². The van der Waals surface area contributed by atoms with Crippen LogP contribution in [0.3, 0.4) is 0 Å². The van der Waals surface area contributed by atoms with Crippen LogP contribution in [0.4, 0.5) is 10.1 Å². The molecule has 6 aromatic rings. The third-order valence-corrected chi connectivity index (χ3v) is 6.47. The third kappa shape index (κ3) is 5.57. The number of fused-ring (bicyclic) bond motifs is 2. The monoisotopic (exact) mass is 551 g/mol. The molecular weight excluding hydrogens is 521 g/mol. The molecule has 41 heavy (non-hydrogen) atoms. The zero-order valence-electron chi connectivity index (χ0n) is 23.2. The molecule has 10 nitrogen and oxygen atoms in total. The Balaban J connectivity index is 1.37. The van der Waals surface area contributed by atoms with E-state index in [1.54, 1.807) is 24.7 Å². The van der Waals surface area contributed by atoms with Crippen LogP contribution >= 0.6 is 0 Å². The number of aromatic nitrogens is 7. The van der Waals surface area contributed by atoms with E-state index in [2.05, 4.69) is 44.3 Å². The summed E-state index contributed by atoms with van der Waals surface area (Å²) in [6.45, 7) is 5.31. The van der Waals surface area contributed by atoms with E-state index in [4.69, 9.17) is 14.7 Å². The van der Waals surface area contributed by atoms with Gasteiger partial charge in [0.1, 0.15) is 29.2 Å². The first-order chi connectivity index (χ1) is 19.8. The number of anilines is 1. The highest BCUT2D eigenvalue weighted by Crippen LogP contribution is 2.32. The summed E-state index contributed by atoms with van der Waals surface area (Å²) in [7, 11) is 3.91. The summed E-state index contributed by atoms with van der Waals surface area (Å²) < 4.78 is 20.4. The Kier molecular flexibility index (Phi) is 7.02. The molecule has 6 rings (SSSR count). The molecule has 0 aliphatic heterocycles. The third-order valence-electron chi connectivity index (χ3n) is 6.47. The van der Waals surface area contributed by atoms with Crippen molar-refractivity contribution in [3.05, 3.63) is 66.9 Å². The van der Waals surface area contributed by atoms with Crippen molar-refractivity contribution in [2.45, 2.75) is 19.9 Å². The number of nitrogens with one attached hydrogen (secondary N) is 3. The first kappa shape index (κ1) is 26.3. The minimum absolute atomic E-state index is 0.282. The number of hydrogen-bond donors (Lipinski definition) is 3. The summed E-state index contributed by atoms with van der Waals surface area (Å²) in [4.78, 5) is 24.0. The highest BCUT2D eigenvalue weighted by atomic mass is 19.1. The Bertz CT molecular complexity index is 1840. The van der Waals surface area contributed by atoms with Gasteiger partial charge < -0.3 is 19.9 Å². The molecular formula is C30H30FN9O. The normalized spacial score (nSPS) is 11.7. The molecule has 208 valence electrons. The van der Waals surface area contributed by atoms with Crippen molar-refractivity contribution in [1.29, 1.82) is 0 Å². The summed E-state index contributed by atoms with van der Waals surface area (Å²) in [6, 6.07) is 12.6. The molecule has 5 heterocycles. The van der Waals surface area contributed by atoms with E-state index in [0.29, 0.717) is 52.7 Å². The Morgan fingerprint density at radius 2 is 1.80 bits per heavy atom. The molecule has 0 radical (unpaired) electrons. The van der Waals surface area contributed by atoms with Gasteiger partial charge in [-0.05, 0) is 64.3 Å². The number of hydrogen-bond acceptors (Lipinski definition) is 8. The lowest BCUT2D eigenvalue weighted by atomic mass is 10.1. The van der Waals surface area contributed by atoms with Gasteiger partial charge in [-0.2, -0.15) is 5.10 Å². The van der Waals surface area contributed by atoms with Crippen LogP contribution in [-0.4, -0.2) is 73.3 Å². The molecule has 1 aromatic carbocycles. The summed E-state index contributed by atoms with van der Waals surface area (Å²) in [5.74, 6) is 0.556. The van der Waals surface area contributed by atoms with Gasteiger partial charge in [0.05, 0.1) is 28.1 Å². The van der Waals surface area contributed by atoms with Crippen LogP contribution in [-0.2, 0) is 0 Å². The molecule has 0 saturated carbocycles. The first-order valence-corrected chi connectivity index (χ1v) is 13.3. The van der Waals surface area contributed by atoms with Crippen molar-refractivity contribution < 1.29 is 9.13 Å². The van der Waals surface area contributed by atoms with Crippen molar-refractivity contribution in [3.63, 3.8) is 0 Å². The second-order valence-electron chi connectivity index (χ2n) is 10.4. The maximum Gasteiger partial charge on any atom is 0.161 e. The van der Waals surface area contributed by atoms with Gasteiger partial charge in [-0.25, -0.2) is 14.4 Å². The Morgan fingerprint density at radius 3 is 2.63 bits per heavy atom. The van der Waals surface area contributed by atoms with Gasteiger partial charge in [0.2, 0.25) is 0 Å². The topological polar surface area (TPSA) is 121 Å². The number of pyridine rings is 3. The van der Waals surface area contributed by atoms with Crippen LogP contribution in [0.2, 0.25) is 0 Å². The van der Waals surface area contributed by atoms with Crippen molar-refractivity contribution in [2.75, 3.05) is 32.6 Å². The predicted octanol–water partition coefficient (Wildman–Crippen LogP) is 5.53. The molecule has 11 heteroatoms.